The Labute approximate surface area is 162 Å². The number of rotatable bonds is 6. The van der Waals surface area contributed by atoms with E-state index >= 15 is 0 Å². The van der Waals surface area contributed by atoms with Crippen molar-refractivity contribution in [3.05, 3.63) is 64.2 Å². The molecule has 0 heterocycles. The van der Waals surface area contributed by atoms with Crippen LogP contribution < -0.4 is 0 Å². The van der Waals surface area contributed by atoms with Gasteiger partial charge in [-0.05, 0) is 44.0 Å². The number of aryl methyl sites for hydroxylation is 2. The van der Waals surface area contributed by atoms with Crippen molar-refractivity contribution in [2.75, 3.05) is 13.6 Å². The maximum atomic E-state index is 13.5. The number of aliphatic imine (C=N–C) groups is 1. The summed E-state index contributed by atoms with van der Waals surface area (Å²) in [5.74, 6) is -1.02. The predicted octanol–water partition coefficient (Wildman–Crippen LogP) is 5.29. The largest absolute Gasteiger partial charge is 0.457 e. The molecule has 0 N–H and O–H groups in total. The maximum Gasteiger partial charge on any atom is 0.417 e. The van der Waals surface area contributed by atoms with Crippen LogP contribution in [0.3, 0.4) is 0 Å². The Hall–Kier alpha value is -2.83. The molecule has 0 bridgehead atoms. The van der Waals surface area contributed by atoms with Crippen LogP contribution in [0.15, 0.2) is 41.4 Å². The summed E-state index contributed by atoms with van der Waals surface area (Å²) in [6, 6.07) is 9.28. The number of hydrogen-bond donors (Lipinski definition) is 0. The molecule has 0 aliphatic carbocycles. The number of esters is 1. The van der Waals surface area contributed by atoms with Crippen LogP contribution in [-0.2, 0) is 17.5 Å². The molecular weight excluding hydrogens is 369 g/mol. The number of hydrogen-bond acceptors (Lipinski definition) is 3. The van der Waals surface area contributed by atoms with Crippen LogP contribution in [-0.4, -0.2) is 30.8 Å². The fraction of sp³-hybridized carbons (Fsp3) is 0.333. The van der Waals surface area contributed by atoms with Crippen LogP contribution in [0, 0.1) is 13.8 Å². The molecule has 28 heavy (non-hydrogen) atoms. The van der Waals surface area contributed by atoms with E-state index in [1.54, 1.807) is 31.0 Å². The first-order valence-corrected chi connectivity index (χ1v) is 8.80. The first kappa shape index (κ1) is 21.5. The lowest BCUT2D eigenvalue weighted by Gasteiger charge is -2.15. The lowest BCUT2D eigenvalue weighted by molar-refractivity contribution is -0.138. The van der Waals surface area contributed by atoms with Gasteiger partial charge < -0.3 is 9.64 Å². The van der Waals surface area contributed by atoms with Crippen molar-refractivity contribution in [2.24, 2.45) is 4.99 Å². The van der Waals surface area contributed by atoms with Crippen molar-refractivity contribution >= 4 is 18.0 Å². The second-order valence-corrected chi connectivity index (χ2v) is 6.56. The number of ether oxygens (including phenoxy) is 1. The molecule has 2 rings (SSSR count). The Morgan fingerprint density at radius 2 is 1.82 bits per heavy atom. The third kappa shape index (κ3) is 5.58. The maximum absolute atomic E-state index is 13.5. The van der Waals surface area contributed by atoms with E-state index < -0.39 is 23.3 Å². The minimum atomic E-state index is -4.70. The lowest BCUT2D eigenvalue weighted by atomic mass is 10.0. The van der Waals surface area contributed by atoms with E-state index in [0.717, 1.165) is 11.6 Å². The van der Waals surface area contributed by atoms with Crippen LogP contribution in [0.2, 0.25) is 0 Å². The van der Waals surface area contributed by atoms with Gasteiger partial charge in [0, 0.05) is 13.6 Å². The van der Waals surface area contributed by atoms with Crippen LogP contribution in [0.1, 0.15) is 39.5 Å². The Bertz CT molecular complexity index is 859. The minimum Gasteiger partial charge on any atom is -0.457 e. The number of alkyl halides is 3. The van der Waals surface area contributed by atoms with E-state index in [-0.39, 0.29) is 12.3 Å². The summed E-state index contributed by atoms with van der Waals surface area (Å²) in [4.78, 5) is 18.2. The molecule has 0 aliphatic rings. The van der Waals surface area contributed by atoms with Crippen LogP contribution >= 0.6 is 0 Å². The summed E-state index contributed by atoms with van der Waals surface area (Å²) in [5.41, 5.74) is 0.778. The number of nitrogens with zero attached hydrogens (tertiary/aromatic N) is 2. The molecule has 0 saturated carbocycles. The second kappa shape index (κ2) is 8.91. The van der Waals surface area contributed by atoms with E-state index in [1.807, 2.05) is 26.0 Å². The first-order chi connectivity index (χ1) is 13.1. The Morgan fingerprint density at radius 1 is 1.18 bits per heavy atom. The van der Waals surface area contributed by atoms with Gasteiger partial charge in [-0.25, -0.2) is 9.79 Å². The van der Waals surface area contributed by atoms with Crippen molar-refractivity contribution in [1.82, 2.24) is 4.90 Å². The van der Waals surface area contributed by atoms with Crippen LogP contribution in [0.25, 0.3) is 0 Å². The molecule has 0 amide bonds. The SMILES string of the molecule is CCN(C)/C=N/c1cc(C(F)(F)F)c(C(=O)OCc2ccc(C)cc2)cc1C. The summed E-state index contributed by atoms with van der Waals surface area (Å²) in [6.07, 6.45) is -3.25. The highest BCUT2D eigenvalue weighted by Crippen LogP contribution is 2.36. The van der Waals surface area contributed by atoms with Crippen molar-refractivity contribution in [1.29, 1.82) is 0 Å². The zero-order valence-electron chi connectivity index (χ0n) is 16.3. The second-order valence-electron chi connectivity index (χ2n) is 6.56. The number of carbonyl (C=O) groups excluding carboxylic acids is 1. The molecule has 4 nitrogen and oxygen atoms in total. The van der Waals surface area contributed by atoms with Crippen molar-refractivity contribution in [2.45, 2.75) is 33.6 Å². The van der Waals surface area contributed by atoms with E-state index in [0.29, 0.717) is 17.7 Å². The zero-order chi connectivity index (χ0) is 20.9. The van der Waals surface area contributed by atoms with Crippen LogP contribution in [0.4, 0.5) is 18.9 Å². The Morgan fingerprint density at radius 3 is 2.39 bits per heavy atom. The molecular formula is C21H23F3N2O2. The first-order valence-electron chi connectivity index (χ1n) is 8.80. The van der Waals surface area contributed by atoms with Crippen molar-refractivity contribution in [3.8, 4) is 0 Å². The molecule has 0 saturated heterocycles. The summed E-state index contributed by atoms with van der Waals surface area (Å²) in [5, 5.41) is 0. The van der Waals surface area contributed by atoms with E-state index in [9.17, 15) is 18.0 Å². The van der Waals surface area contributed by atoms with Gasteiger partial charge in [0.1, 0.15) is 6.61 Å². The minimum absolute atomic E-state index is 0.101. The molecule has 0 unspecified atom stereocenters. The monoisotopic (exact) mass is 392 g/mol. The van der Waals surface area contributed by atoms with E-state index in [2.05, 4.69) is 4.99 Å². The van der Waals surface area contributed by atoms with Crippen molar-refractivity contribution < 1.29 is 22.7 Å². The highest BCUT2D eigenvalue weighted by molar-refractivity contribution is 5.92. The molecule has 0 aliphatic heterocycles. The van der Waals surface area contributed by atoms with Gasteiger partial charge in [-0.3, -0.25) is 0 Å². The van der Waals surface area contributed by atoms with Gasteiger partial charge in [-0.15, -0.1) is 0 Å². The summed E-state index contributed by atoms with van der Waals surface area (Å²) in [6.45, 7) is 5.98. The fourth-order valence-corrected chi connectivity index (χ4v) is 2.39. The molecule has 150 valence electrons. The third-order valence-electron chi connectivity index (χ3n) is 4.24. The summed E-state index contributed by atoms with van der Waals surface area (Å²) < 4.78 is 45.7. The van der Waals surface area contributed by atoms with E-state index in [4.69, 9.17) is 4.74 Å². The molecule has 0 radical (unpaired) electrons. The zero-order valence-corrected chi connectivity index (χ0v) is 16.3. The smallest absolute Gasteiger partial charge is 0.417 e. The third-order valence-corrected chi connectivity index (χ3v) is 4.24. The molecule has 0 fully saturated rings. The van der Waals surface area contributed by atoms with Crippen molar-refractivity contribution in [3.63, 3.8) is 0 Å². The number of benzene rings is 2. The van der Waals surface area contributed by atoms with Crippen LogP contribution in [0.5, 0.6) is 0 Å². The highest BCUT2D eigenvalue weighted by Gasteiger charge is 2.36. The van der Waals surface area contributed by atoms with Gasteiger partial charge >= 0.3 is 12.1 Å². The molecule has 0 atom stereocenters. The van der Waals surface area contributed by atoms with Gasteiger partial charge in [-0.2, -0.15) is 13.2 Å². The summed E-state index contributed by atoms with van der Waals surface area (Å²) >= 11 is 0. The quantitative estimate of drug-likeness (QED) is 0.381. The normalized spacial score (nSPS) is 11.7. The highest BCUT2D eigenvalue weighted by atomic mass is 19.4. The predicted molar refractivity (Wildman–Crippen MR) is 103 cm³/mol. The van der Waals surface area contributed by atoms with Gasteiger partial charge in [0.25, 0.3) is 0 Å². The fourth-order valence-electron chi connectivity index (χ4n) is 2.39. The summed E-state index contributed by atoms with van der Waals surface area (Å²) in [7, 11) is 1.76. The van der Waals surface area contributed by atoms with Gasteiger partial charge in [0.2, 0.25) is 0 Å². The topological polar surface area (TPSA) is 41.9 Å². The Balaban J connectivity index is 2.31. The number of carbonyl (C=O) groups is 1. The average molecular weight is 392 g/mol. The van der Waals surface area contributed by atoms with Gasteiger partial charge in [-0.1, -0.05) is 29.8 Å². The lowest BCUT2D eigenvalue weighted by Crippen LogP contribution is -2.16. The Kier molecular flexibility index (Phi) is 6.83. The molecule has 2 aromatic rings. The molecule has 0 aromatic heterocycles. The van der Waals surface area contributed by atoms with Gasteiger partial charge in [0.15, 0.2) is 0 Å². The molecule has 7 heteroatoms. The van der Waals surface area contributed by atoms with E-state index in [1.165, 1.54) is 12.4 Å². The van der Waals surface area contributed by atoms with Gasteiger partial charge in [0.05, 0.1) is 23.2 Å². The average Bonchev–Trinajstić information content (AvgIpc) is 2.64. The number of halogens is 3. The molecule has 2 aromatic carbocycles. The molecule has 0 spiro atoms. The standard InChI is InChI=1S/C21H23F3N2O2/c1-5-26(4)13-25-19-11-18(21(22,23)24)17(10-15(19)3)20(27)28-12-16-8-6-14(2)7-9-16/h6-11,13H,5,12H2,1-4H3/b25-13+.